The SMILES string of the molecule is NNC(=O)/C(=C\c1ccco1)NC(=O)c1ccco1. The second kappa shape index (κ2) is 5.69. The molecule has 0 aliphatic rings. The monoisotopic (exact) mass is 261 g/mol. The van der Waals surface area contributed by atoms with Crippen molar-refractivity contribution < 1.29 is 18.4 Å². The Morgan fingerprint density at radius 3 is 2.47 bits per heavy atom. The fourth-order valence-electron chi connectivity index (χ4n) is 1.34. The van der Waals surface area contributed by atoms with Gasteiger partial charge in [-0.3, -0.25) is 15.0 Å². The summed E-state index contributed by atoms with van der Waals surface area (Å²) in [5, 5.41) is 2.38. The second-order valence-electron chi connectivity index (χ2n) is 3.48. The maximum Gasteiger partial charge on any atom is 0.291 e. The molecule has 0 unspecified atom stereocenters. The molecule has 98 valence electrons. The highest BCUT2D eigenvalue weighted by Crippen LogP contribution is 2.07. The van der Waals surface area contributed by atoms with Gasteiger partial charge < -0.3 is 14.2 Å². The van der Waals surface area contributed by atoms with Crippen LogP contribution in [0.25, 0.3) is 6.08 Å². The Hall–Kier alpha value is -2.80. The lowest BCUT2D eigenvalue weighted by Gasteiger charge is -2.06. The molecule has 2 aromatic heterocycles. The van der Waals surface area contributed by atoms with E-state index in [4.69, 9.17) is 14.7 Å². The lowest BCUT2D eigenvalue weighted by molar-refractivity contribution is -0.117. The molecule has 0 radical (unpaired) electrons. The summed E-state index contributed by atoms with van der Waals surface area (Å²) >= 11 is 0. The molecule has 0 aromatic carbocycles. The number of amides is 2. The number of nitrogens with two attached hydrogens (primary N) is 1. The number of nitrogens with one attached hydrogen (secondary N) is 2. The first-order valence-electron chi connectivity index (χ1n) is 5.31. The maximum atomic E-state index is 11.8. The van der Waals surface area contributed by atoms with Crippen LogP contribution in [0.1, 0.15) is 16.3 Å². The van der Waals surface area contributed by atoms with Crippen LogP contribution >= 0.6 is 0 Å². The summed E-state index contributed by atoms with van der Waals surface area (Å²) in [5.41, 5.74) is 1.88. The number of carbonyl (C=O) groups is 2. The minimum atomic E-state index is -0.656. The molecule has 2 rings (SSSR count). The van der Waals surface area contributed by atoms with Crippen molar-refractivity contribution in [2.75, 3.05) is 0 Å². The molecule has 2 amide bonds. The maximum absolute atomic E-state index is 11.8. The van der Waals surface area contributed by atoms with Crippen LogP contribution in [0.2, 0.25) is 0 Å². The van der Waals surface area contributed by atoms with Gasteiger partial charge in [0.05, 0.1) is 12.5 Å². The Labute approximate surface area is 108 Å². The summed E-state index contributed by atoms with van der Waals surface area (Å²) in [5.74, 6) is 4.31. The van der Waals surface area contributed by atoms with Crippen LogP contribution in [0.5, 0.6) is 0 Å². The smallest absolute Gasteiger partial charge is 0.291 e. The normalized spacial score (nSPS) is 11.1. The molecule has 4 N–H and O–H groups in total. The highest BCUT2D eigenvalue weighted by Gasteiger charge is 2.15. The Balaban J connectivity index is 2.20. The predicted octanol–water partition coefficient (Wildman–Crippen LogP) is 0.633. The van der Waals surface area contributed by atoms with Crippen LogP contribution in [-0.4, -0.2) is 11.8 Å². The van der Waals surface area contributed by atoms with E-state index >= 15 is 0 Å². The van der Waals surface area contributed by atoms with Crippen LogP contribution in [0.15, 0.2) is 51.3 Å². The summed E-state index contributed by atoms with van der Waals surface area (Å²) < 4.78 is 9.98. The predicted molar refractivity (Wildman–Crippen MR) is 65.2 cm³/mol. The third-order valence-electron chi connectivity index (χ3n) is 2.20. The van der Waals surface area contributed by atoms with Crippen molar-refractivity contribution in [1.82, 2.24) is 10.7 Å². The minimum absolute atomic E-state index is 0.0566. The Bertz CT molecular complexity index is 585. The summed E-state index contributed by atoms with van der Waals surface area (Å²) in [7, 11) is 0. The molecule has 0 bridgehead atoms. The number of hydrogen-bond acceptors (Lipinski definition) is 5. The molecule has 0 fully saturated rings. The zero-order valence-electron chi connectivity index (χ0n) is 9.75. The van der Waals surface area contributed by atoms with E-state index < -0.39 is 11.8 Å². The summed E-state index contributed by atoms with van der Waals surface area (Å²) in [4.78, 5) is 23.3. The molecule has 19 heavy (non-hydrogen) atoms. The molecule has 7 nitrogen and oxygen atoms in total. The number of hydrazine groups is 1. The van der Waals surface area contributed by atoms with E-state index in [0.29, 0.717) is 5.76 Å². The van der Waals surface area contributed by atoms with Gasteiger partial charge in [0.2, 0.25) is 0 Å². The van der Waals surface area contributed by atoms with Gasteiger partial charge in [0.15, 0.2) is 5.76 Å². The lowest BCUT2D eigenvalue weighted by atomic mass is 10.3. The summed E-state index contributed by atoms with van der Waals surface area (Å²) in [6.07, 6.45) is 4.15. The van der Waals surface area contributed by atoms with E-state index in [2.05, 4.69) is 5.32 Å². The van der Waals surface area contributed by atoms with Gasteiger partial charge in [0.25, 0.3) is 11.8 Å². The highest BCUT2D eigenvalue weighted by molar-refractivity contribution is 6.03. The average Bonchev–Trinajstić information content (AvgIpc) is 3.09. The molecule has 2 heterocycles. The standard InChI is InChI=1S/C12H11N3O4/c13-15-11(16)9(7-8-3-1-5-18-8)14-12(17)10-4-2-6-19-10/h1-7H,13H2,(H,14,17)(H,15,16)/b9-7+. The molecule has 7 heteroatoms. The van der Waals surface area contributed by atoms with Crippen LogP contribution in [-0.2, 0) is 4.79 Å². The molecule has 0 atom stereocenters. The van der Waals surface area contributed by atoms with Crippen molar-refractivity contribution >= 4 is 17.9 Å². The van der Waals surface area contributed by atoms with E-state index in [-0.39, 0.29) is 11.5 Å². The minimum Gasteiger partial charge on any atom is -0.465 e. The Morgan fingerprint density at radius 2 is 1.89 bits per heavy atom. The molecule has 0 spiro atoms. The van der Waals surface area contributed by atoms with Gasteiger partial charge in [-0.15, -0.1) is 0 Å². The first-order chi connectivity index (χ1) is 9.20. The van der Waals surface area contributed by atoms with Crippen molar-refractivity contribution in [1.29, 1.82) is 0 Å². The van der Waals surface area contributed by atoms with E-state index in [1.54, 1.807) is 18.2 Å². The van der Waals surface area contributed by atoms with Gasteiger partial charge in [-0.25, -0.2) is 5.84 Å². The fourth-order valence-corrected chi connectivity index (χ4v) is 1.34. The van der Waals surface area contributed by atoms with Gasteiger partial charge in [-0.1, -0.05) is 0 Å². The zero-order valence-corrected chi connectivity index (χ0v) is 9.75. The van der Waals surface area contributed by atoms with Crippen molar-refractivity contribution in [2.24, 2.45) is 5.84 Å². The second-order valence-corrected chi connectivity index (χ2v) is 3.48. The number of carbonyl (C=O) groups excluding carboxylic acids is 2. The van der Waals surface area contributed by atoms with Gasteiger partial charge >= 0.3 is 0 Å². The van der Waals surface area contributed by atoms with Gasteiger partial charge in [-0.05, 0) is 24.3 Å². The molecule has 0 aliphatic carbocycles. The zero-order chi connectivity index (χ0) is 13.7. The Morgan fingerprint density at radius 1 is 1.16 bits per heavy atom. The van der Waals surface area contributed by atoms with Crippen LogP contribution in [0, 0.1) is 0 Å². The van der Waals surface area contributed by atoms with Gasteiger partial charge in [0, 0.05) is 6.08 Å². The van der Waals surface area contributed by atoms with Crippen molar-refractivity contribution in [3.63, 3.8) is 0 Å². The molecule has 0 saturated carbocycles. The highest BCUT2D eigenvalue weighted by atomic mass is 16.3. The van der Waals surface area contributed by atoms with Crippen molar-refractivity contribution in [2.45, 2.75) is 0 Å². The average molecular weight is 261 g/mol. The molecular weight excluding hydrogens is 250 g/mol. The topological polar surface area (TPSA) is 110 Å². The van der Waals surface area contributed by atoms with E-state index in [1.807, 2.05) is 5.43 Å². The molecular formula is C12H11N3O4. The van der Waals surface area contributed by atoms with E-state index in [1.165, 1.54) is 24.7 Å². The first kappa shape index (κ1) is 12.7. The summed E-state index contributed by atoms with van der Waals surface area (Å²) in [6.45, 7) is 0. The van der Waals surface area contributed by atoms with Crippen LogP contribution < -0.4 is 16.6 Å². The van der Waals surface area contributed by atoms with E-state index in [0.717, 1.165) is 0 Å². The van der Waals surface area contributed by atoms with Crippen LogP contribution in [0.4, 0.5) is 0 Å². The quantitative estimate of drug-likeness (QED) is 0.323. The molecule has 0 saturated heterocycles. The fraction of sp³-hybridized carbons (Fsp3) is 0. The first-order valence-corrected chi connectivity index (χ1v) is 5.31. The third kappa shape index (κ3) is 3.11. The lowest BCUT2D eigenvalue weighted by Crippen LogP contribution is -2.38. The summed E-state index contributed by atoms with van der Waals surface area (Å²) in [6, 6.07) is 6.31. The number of rotatable bonds is 4. The van der Waals surface area contributed by atoms with Crippen LogP contribution in [0.3, 0.4) is 0 Å². The third-order valence-corrected chi connectivity index (χ3v) is 2.20. The largest absolute Gasteiger partial charge is 0.465 e. The van der Waals surface area contributed by atoms with Gasteiger partial charge in [-0.2, -0.15) is 0 Å². The van der Waals surface area contributed by atoms with E-state index in [9.17, 15) is 9.59 Å². The molecule has 2 aromatic rings. The molecule has 0 aliphatic heterocycles. The number of hydrogen-bond donors (Lipinski definition) is 3. The Kier molecular flexibility index (Phi) is 3.79. The van der Waals surface area contributed by atoms with Crippen molar-refractivity contribution in [3.8, 4) is 0 Å². The van der Waals surface area contributed by atoms with Crippen molar-refractivity contribution in [3.05, 3.63) is 54.0 Å². The van der Waals surface area contributed by atoms with Gasteiger partial charge in [0.1, 0.15) is 11.5 Å². The number of furan rings is 2.